The van der Waals surface area contributed by atoms with Crippen LogP contribution in [-0.4, -0.2) is 142 Å². The lowest BCUT2D eigenvalue weighted by Crippen LogP contribution is -2.61. The third-order valence-corrected chi connectivity index (χ3v) is 11.2. The van der Waals surface area contributed by atoms with Crippen molar-refractivity contribution in [1.29, 1.82) is 0 Å². The molecule has 7 N–H and O–H groups in total. The average molecular weight is 863 g/mol. The number of hydrogen-bond acceptors (Lipinski definition) is 15. The Morgan fingerprint density at radius 1 is 0.517 bits per heavy atom. The number of ether oxygens (including phenoxy) is 6. The van der Waals surface area contributed by atoms with Crippen molar-refractivity contribution >= 4 is 11.9 Å². The molecular formula is C45H82O15. The van der Waals surface area contributed by atoms with Crippen molar-refractivity contribution in [3.05, 3.63) is 12.2 Å². The molecule has 4 unspecified atom stereocenters. The summed E-state index contributed by atoms with van der Waals surface area (Å²) in [7, 11) is 0. The Morgan fingerprint density at radius 2 is 0.950 bits per heavy atom. The molecule has 0 aromatic carbocycles. The molecule has 0 bridgehead atoms. The van der Waals surface area contributed by atoms with Crippen LogP contribution in [0.15, 0.2) is 12.2 Å². The highest BCUT2D eigenvalue weighted by atomic mass is 16.7. The second-order valence-corrected chi connectivity index (χ2v) is 16.6. The molecule has 2 aliphatic rings. The van der Waals surface area contributed by atoms with Crippen molar-refractivity contribution in [3.8, 4) is 0 Å². The second kappa shape index (κ2) is 33.8. The molecule has 0 radical (unpaired) electrons. The van der Waals surface area contributed by atoms with Gasteiger partial charge in [0.1, 0.15) is 55.4 Å². The van der Waals surface area contributed by atoms with Crippen LogP contribution in [0.5, 0.6) is 0 Å². The Bertz CT molecular complexity index is 1110. The molecule has 60 heavy (non-hydrogen) atoms. The molecular weight excluding hydrogens is 780 g/mol. The molecule has 11 atom stereocenters. The summed E-state index contributed by atoms with van der Waals surface area (Å²) < 4.78 is 33.4. The third-order valence-electron chi connectivity index (χ3n) is 11.2. The van der Waals surface area contributed by atoms with E-state index in [0.29, 0.717) is 12.8 Å². The van der Waals surface area contributed by atoms with Gasteiger partial charge in [0.15, 0.2) is 18.7 Å². The van der Waals surface area contributed by atoms with E-state index in [-0.39, 0.29) is 26.1 Å². The molecule has 0 spiro atoms. The molecule has 0 aromatic heterocycles. The van der Waals surface area contributed by atoms with Crippen LogP contribution < -0.4 is 0 Å². The largest absolute Gasteiger partial charge is 0.462 e. The zero-order chi connectivity index (χ0) is 44.0. The number of rotatable bonds is 35. The van der Waals surface area contributed by atoms with E-state index in [2.05, 4.69) is 26.0 Å². The molecule has 0 aromatic rings. The number of allylic oxidation sites excluding steroid dienone is 2. The average Bonchev–Trinajstić information content (AvgIpc) is 3.24. The molecule has 2 aliphatic heterocycles. The Morgan fingerprint density at radius 3 is 1.47 bits per heavy atom. The highest BCUT2D eigenvalue weighted by Crippen LogP contribution is 2.26. The van der Waals surface area contributed by atoms with E-state index in [1.54, 1.807) is 0 Å². The first kappa shape index (κ1) is 54.4. The van der Waals surface area contributed by atoms with Gasteiger partial charge in [-0.1, -0.05) is 129 Å². The molecule has 2 fully saturated rings. The number of aliphatic hydroxyl groups excluding tert-OH is 7. The van der Waals surface area contributed by atoms with Crippen molar-refractivity contribution in [1.82, 2.24) is 0 Å². The summed E-state index contributed by atoms with van der Waals surface area (Å²) in [4.78, 5) is 25.6. The van der Waals surface area contributed by atoms with Crippen LogP contribution in [0, 0.1) is 0 Å². The molecule has 2 rings (SSSR count). The van der Waals surface area contributed by atoms with Gasteiger partial charge in [0.05, 0.1) is 19.8 Å². The fourth-order valence-electron chi connectivity index (χ4n) is 7.33. The van der Waals surface area contributed by atoms with E-state index < -0.39 is 92.7 Å². The van der Waals surface area contributed by atoms with Gasteiger partial charge in [-0.15, -0.1) is 0 Å². The standard InChI is InChI=1S/C45H82O15/c1-3-5-7-9-11-13-15-16-17-18-20-22-24-26-28-37(48)58-33(30-55-36(47)27-25-23-21-19-14-12-10-8-6-4-2)31-56-44-43(54)41(52)39(50)35(60-44)32-57-45-42(53)40(51)38(49)34(29-46)59-45/h15-16,33-35,38-46,49-54H,3-14,17-32H2,1-2H3/b16-15+/t33-,34-,35-,38+,39+,40?,41?,42?,43?,44-,45-/m1/s1. The van der Waals surface area contributed by atoms with E-state index in [4.69, 9.17) is 28.4 Å². The number of unbranched alkanes of at least 4 members (excludes halogenated alkanes) is 19. The topological polar surface area (TPSA) is 231 Å². The quantitative estimate of drug-likeness (QED) is 0.0252. The Balaban J connectivity index is 1.85. The van der Waals surface area contributed by atoms with Crippen molar-refractivity contribution in [3.63, 3.8) is 0 Å². The maximum Gasteiger partial charge on any atom is 0.306 e. The van der Waals surface area contributed by atoms with Crippen LogP contribution in [0.3, 0.4) is 0 Å². The van der Waals surface area contributed by atoms with Crippen LogP contribution in [0.4, 0.5) is 0 Å². The van der Waals surface area contributed by atoms with Gasteiger partial charge in [-0.05, 0) is 38.5 Å². The van der Waals surface area contributed by atoms with Gasteiger partial charge in [-0.3, -0.25) is 9.59 Å². The van der Waals surface area contributed by atoms with Crippen molar-refractivity contribution < 1.29 is 73.8 Å². The van der Waals surface area contributed by atoms with E-state index >= 15 is 0 Å². The molecule has 15 nitrogen and oxygen atoms in total. The van der Waals surface area contributed by atoms with Crippen LogP contribution >= 0.6 is 0 Å². The summed E-state index contributed by atoms with van der Waals surface area (Å²) >= 11 is 0. The first-order chi connectivity index (χ1) is 29.0. The minimum Gasteiger partial charge on any atom is -0.462 e. The van der Waals surface area contributed by atoms with E-state index in [1.807, 2.05) is 0 Å². The smallest absolute Gasteiger partial charge is 0.306 e. The third kappa shape index (κ3) is 22.5. The van der Waals surface area contributed by atoms with Gasteiger partial charge in [0.2, 0.25) is 0 Å². The first-order valence-electron chi connectivity index (χ1n) is 23.3. The molecule has 0 aliphatic carbocycles. The number of esters is 2. The predicted molar refractivity (Wildman–Crippen MR) is 224 cm³/mol. The molecule has 0 amide bonds. The highest BCUT2D eigenvalue weighted by molar-refractivity contribution is 5.70. The maximum absolute atomic E-state index is 12.9. The van der Waals surface area contributed by atoms with Crippen LogP contribution in [-0.2, 0) is 38.0 Å². The lowest BCUT2D eigenvalue weighted by Gasteiger charge is -2.42. The van der Waals surface area contributed by atoms with Gasteiger partial charge < -0.3 is 64.2 Å². The van der Waals surface area contributed by atoms with Crippen molar-refractivity contribution in [2.45, 2.75) is 235 Å². The summed E-state index contributed by atoms with van der Waals surface area (Å²) in [5, 5.41) is 71.8. The number of carbonyl (C=O) groups excluding carboxylic acids is 2. The van der Waals surface area contributed by atoms with Gasteiger partial charge in [0, 0.05) is 12.8 Å². The minimum atomic E-state index is -1.76. The molecule has 2 heterocycles. The predicted octanol–water partition coefficient (Wildman–Crippen LogP) is 5.04. The zero-order valence-corrected chi connectivity index (χ0v) is 36.7. The van der Waals surface area contributed by atoms with Crippen molar-refractivity contribution in [2.75, 3.05) is 26.4 Å². The monoisotopic (exact) mass is 863 g/mol. The van der Waals surface area contributed by atoms with Crippen LogP contribution in [0.2, 0.25) is 0 Å². The molecule has 15 heteroatoms. The maximum atomic E-state index is 12.9. The fraction of sp³-hybridized carbons (Fsp3) is 0.911. The first-order valence-corrected chi connectivity index (χ1v) is 23.3. The Kier molecular flexibility index (Phi) is 30.6. The van der Waals surface area contributed by atoms with Gasteiger partial charge in [-0.2, -0.15) is 0 Å². The second-order valence-electron chi connectivity index (χ2n) is 16.6. The minimum absolute atomic E-state index is 0.159. The lowest BCUT2D eigenvalue weighted by atomic mass is 9.98. The number of carbonyl (C=O) groups is 2. The summed E-state index contributed by atoms with van der Waals surface area (Å²) in [6.45, 7) is 2.54. The number of aliphatic hydroxyl groups is 7. The Hall–Kier alpha value is -1.76. The normalized spacial score (nSPS) is 27.6. The number of hydrogen-bond donors (Lipinski definition) is 7. The SMILES string of the molecule is CCCCCCC/C=C/CCCCCCCC(=O)O[C@H](COC(=O)CCCCCCCCCCCC)CO[C@@H]1O[C@H](CO[C@@H]2O[C@H](CO)[C@H](O)C(O)C2O)[C@H](O)C(O)C1O. The summed E-state index contributed by atoms with van der Waals surface area (Å²) in [5.41, 5.74) is 0. The zero-order valence-electron chi connectivity index (χ0n) is 36.7. The van der Waals surface area contributed by atoms with E-state index in [1.165, 1.54) is 70.6 Å². The summed E-state index contributed by atoms with van der Waals surface area (Å²) in [5.74, 6) is -0.932. The molecule has 352 valence electrons. The molecule has 2 saturated heterocycles. The van der Waals surface area contributed by atoms with Gasteiger partial charge in [0.25, 0.3) is 0 Å². The van der Waals surface area contributed by atoms with Crippen molar-refractivity contribution in [2.24, 2.45) is 0 Å². The van der Waals surface area contributed by atoms with Gasteiger partial charge in [-0.25, -0.2) is 0 Å². The Labute approximate surface area is 359 Å². The van der Waals surface area contributed by atoms with E-state index in [0.717, 1.165) is 57.8 Å². The lowest BCUT2D eigenvalue weighted by molar-refractivity contribution is -0.332. The van der Waals surface area contributed by atoms with Gasteiger partial charge >= 0.3 is 11.9 Å². The summed E-state index contributed by atoms with van der Waals surface area (Å²) in [6, 6.07) is 0. The van der Waals surface area contributed by atoms with Crippen LogP contribution in [0.25, 0.3) is 0 Å². The van der Waals surface area contributed by atoms with Crippen LogP contribution in [0.1, 0.15) is 168 Å². The molecule has 0 saturated carbocycles. The summed E-state index contributed by atoms with van der Waals surface area (Å²) in [6.07, 6.45) is 12.6. The fourth-order valence-corrected chi connectivity index (χ4v) is 7.33. The van der Waals surface area contributed by atoms with E-state index in [9.17, 15) is 45.3 Å². The highest BCUT2D eigenvalue weighted by Gasteiger charge is 2.47.